The van der Waals surface area contributed by atoms with Crippen LogP contribution in [-0.2, 0) is 26.2 Å². The minimum absolute atomic E-state index is 0.0596. The summed E-state index contributed by atoms with van der Waals surface area (Å²) < 4.78 is 26.9. The van der Waals surface area contributed by atoms with E-state index in [0.717, 1.165) is 11.1 Å². The lowest BCUT2D eigenvalue weighted by molar-refractivity contribution is -0.128. The van der Waals surface area contributed by atoms with Crippen LogP contribution in [0.25, 0.3) is 0 Å². The summed E-state index contributed by atoms with van der Waals surface area (Å²) in [5.41, 5.74) is 2.36. The van der Waals surface area contributed by atoms with Crippen LogP contribution in [0.3, 0.4) is 0 Å². The van der Waals surface area contributed by atoms with Gasteiger partial charge in [0.1, 0.15) is 0 Å². The largest absolute Gasteiger partial charge is 0.338 e. The van der Waals surface area contributed by atoms with Crippen LogP contribution in [0.2, 0.25) is 5.02 Å². The number of hydrogen-bond acceptors (Lipinski definition) is 4. The summed E-state index contributed by atoms with van der Waals surface area (Å²) in [5, 5.41) is 2.95. The Morgan fingerprint density at radius 3 is 2.44 bits per heavy atom. The molecule has 32 heavy (non-hydrogen) atoms. The Labute approximate surface area is 194 Å². The second-order valence-corrected chi connectivity index (χ2v) is 10.2. The first-order valence-electron chi connectivity index (χ1n) is 10.6. The molecule has 0 aliphatic carbocycles. The van der Waals surface area contributed by atoms with Gasteiger partial charge in [-0.1, -0.05) is 55.3 Å². The van der Waals surface area contributed by atoms with Crippen LogP contribution in [0.5, 0.6) is 0 Å². The lowest BCUT2D eigenvalue weighted by Gasteiger charge is -2.20. The van der Waals surface area contributed by atoms with E-state index in [9.17, 15) is 18.0 Å². The molecule has 1 atom stereocenters. The molecule has 2 aromatic rings. The van der Waals surface area contributed by atoms with Gasteiger partial charge in [-0.2, -0.15) is 4.31 Å². The van der Waals surface area contributed by atoms with Crippen molar-refractivity contribution in [2.75, 3.05) is 25.0 Å². The summed E-state index contributed by atoms with van der Waals surface area (Å²) in [6, 6.07) is 12.2. The van der Waals surface area contributed by atoms with E-state index in [1.807, 2.05) is 31.2 Å². The number of halogens is 1. The third-order valence-corrected chi connectivity index (χ3v) is 7.99. The van der Waals surface area contributed by atoms with E-state index in [4.69, 9.17) is 11.6 Å². The van der Waals surface area contributed by atoms with E-state index in [1.165, 1.54) is 22.5 Å². The van der Waals surface area contributed by atoms with E-state index in [0.29, 0.717) is 26.2 Å². The average molecular weight is 478 g/mol. The maximum Gasteiger partial charge on any atom is 0.243 e. The Hall–Kier alpha value is -2.42. The van der Waals surface area contributed by atoms with Crippen LogP contribution >= 0.6 is 11.6 Å². The molecule has 3 rings (SSSR count). The molecular formula is C23H28ClN3O4S. The van der Waals surface area contributed by atoms with Gasteiger partial charge in [0.25, 0.3) is 0 Å². The van der Waals surface area contributed by atoms with Crippen LogP contribution in [0.1, 0.15) is 31.4 Å². The van der Waals surface area contributed by atoms with Crippen LogP contribution in [0.4, 0.5) is 5.69 Å². The van der Waals surface area contributed by atoms with Crippen molar-refractivity contribution >= 4 is 39.1 Å². The van der Waals surface area contributed by atoms with Crippen LogP contribution in [0, 0.1) is 12.8 Å². The summed E-state index contributed by atoms with van der Waals surface area (Å²) in [6.45, 7) is 6.94. The molecule has 2 amide bonds. The second-order valence-electron chi connectivity index (χ2n) is 7.88. The molecule has 0 aromatic heterocycles. The van der Waals surface area contributed by atoms with Crippen molar-refractivity contribution in [3.8, 4) is 0 Å². The predicted molar refractivity (Wildman–Crippen MR) is 125 cm³/mol. The first-order chi connectivity index (χ1) is 15.1. The molecule has 1 fully saturated rings. The lowest BCUT2D eigenvalue weighted by atomic mass is 10.1. The van der Waals surface area contributed by atoms with Gasteiger partial charge in [0.15, 0.2) is 0 Å². The Balaban J connectivity index is 1.72. The third-order valence-electron chi connectivity index (χ3n) is 5.62. The first kappa shape index (κ1) is 24.2. The zero-order chi connectivity index (χ0) is 23.5. The Morgan fingerprint density at radius 2 is 1.81 bits per heavy atom. The summed E-state index contributed by atoms with van der Waals surface area (Å²) in [4.78, 5) is 27.0. The van der Waals surface area contributed by atoms with Crippen LogP contribution < -0.4 is 5.32 Å². The number of amides is 2. The van der Waals surface area contributed by atoms with Gasteiger partial charge in [-0.05, 0) is 30.7 Å². The van der Waals surface area contributed by atoms with Gasteiger partial charge >= 0.3 is 0 Å². The molecule has 0 radical (unpaired) electrons. The minimum atomic E-state index is -3.69. The van der Waals surface area contributed by atoms with E-state index >= 15 is 0 Å². The summed E-state index contributed by atoms with van der Waals surface area (Å²) in [5.74, 6) is -0.981. The molecule has 1 unspecified atom stereocenters. The highest BCUT2D eigenvalue weighted by Crippen LogP contribution is 2.29. The van der Waals surface area contributed by atoms with E-state index in [2.05, 4.69) is 5.32 Å². The van der Waals surface area contributed by atoms with E-state index < -0.39 is 15.9 Å². The number of hydrogen-bond donors (Lipinski definition) is 1. The number of nitrogens with zero attached hydrogens (tertiary/aromatic N) is 2. The summed E-state index contributed by atoms with van der Waals surface area (Å²) >= 11 is 6.22. The monoisotopic (exact) mass is 477 g/mol. The van der Waals surface area contributed by atoms with Gasteiger partial charge in [-0.3, -0.25) is 9.59 Å². The third kappa shape index (κ3) is 5.31. The molecule has 1 saturated heterocycles. The Kier molecular flexibility index (Phi) is 7.59. The van der Waals surface area contributed by atoms with Gasteiger partial charge in [0.2, 0.25) is 21.8 Å². The fourth-order valence-corrected chi connectivity index (χ4v) is 5.37. The second kappa shape index (κ2) is 10.0. The fourth-order valence-electron chi connectivity index (χ4n) is 3.72. The zero-order valence-electron chi connectivity index (χ0n) is 18.5. The van der Waals surface area contributed by atoms with Crippen molar-refractivity contribution in [3.63, 3.8) is 0 Å². The number of rotatable bonds is 8. The molecular weight excluding hydrogens is 450 g/mol. The maximum absolute atomic E-state index is 12.9. The van der Waals surface area contributed by atoms with Crippen molar-refractivity contribution in [3.05, 3.63) is 58.6 Å². The smallest absolute Gasteiger partial charge is 0.243 e. The highest BCUT2D eigenvalue weighted by molar-refractivity contribution is 7.89. The minimum Gasteiger partial charge on any atom is -0.338 e. The molecule has 1 aliphatic rings. The zero-order valence-corrected chi connectivity index (χ0v) is 20.0. The van der Waals surface area contributed by atoms with Crippen molar-refractivity contribution in [2.24, 2.45) is 5.92 Å². The summed E-state index contributed by atoms with van der Waals surface area (Å²) in [6.07, 6.45) is 0.104. The molecule has 7 nitrogen and oxygen atoms in total. The van der Waals surface area contributed by atoms with E-state index in [-0.39, 0.29) is 33.8 Å². The van der Waals surface area contributed by atoms with Crippen molar-refractivity contribution in [1.29, 1.82) is 0 Å². The molecule has 172 valence electrons. The number of carbonyl (C=O) groups is 2. The number of sulfonamides is 1. The topological polar surface area (TPSA) is 86.8 Å². The molecule has 1 heterocycles. The molecule has 0 spiro atoms. The molecule has 2 aromatic carbocycles. The van der Waals surface area contributed by atoms with Crippen molar-refractivity contribution < 1.29 is 18.0 Å². The molecule has 0 saturated carbocycles. The normalized spacial score (nSPS) is 16.6. The van der Waals surface area contributed by atoms with Crippen LogP contribution in [0.15, 0.2) is 47.4 Å². The molecule has 1 N–H and O–H groups in total. The Morgan fingerprint density at radius 1 is 1.16 bits per heavy atom. The molecule has 0 bridgehead atoms. The quantitative estimate of drug-likeness (QED) is 0.628. The lowest BCUT2D eigenvalue weighted by Crippen LogP contribution is -2.31. The fraction of sp³-hybridized carbons (Fsp3) is 0.391. The Bertz CT molecular complexity index is 1100. The number of anilines is 1. The number of benzene rings is 2. The van der Waals surface area contributed by atoms with Gasteiger partial charge in [0.05, 0.1) is 21.5 Å². The van der Waals surface area contributed by atoms with Crippen molar-refractivity contribution in [2.45, 2.75) is 38.6 Å². The number of carbonyl (C=O) groups excluding carboxylic acids is 2. The standard InChI is InChI=1S/C23H28ClN3O4S/c1-4-27(5-2)32(30,31)19-10-11-20(24)21(13-19)25-23(29)18-12-22(28)26(15-18)14-17-8-6-16(3)7-9-17/h6-11,13,18H,4-5,12,14-15H2,1-3H3,(H,25,29). The van der Waals surface area contributed by atoms with E-state index in [1.54, 1.807) is 18.7 Å². The summed E-state index contributed by atoms with van der Waals surface area (Å²) in [7, 11) is -3.69. The highest BCUT2D eigenvalue weighted by atomic mass is 35.5. The number of nitrogens with one attached hydrogen (secondary N) is 1. The van der Waals surface area contributed by atoms with Crippen LogP contribution in [-0.4, -0.2) is 49.1 Å². The predicted octanol–water partition coefficient (Wildman–Crippen LogP) is 3.67. The molecule has 1 aliphatic heterocycles. The average Bonchev–Trinajstić information content (AvgIpc) is 3.12. The SMILES string of the molecule is CCN(CC)S(=O)(=O)c1ccc(Cl)c(NC(=O)C2CC(=O)N(Cc3ccc(C)cc3)C2)c1. The highest BCUT2D eigenvalue weighted by Gasteiger charge is 2.34. The molecule has 9 heteroatoms. The van der Waals surface area contributed by atoms with Gasteiger partial charge in [-0.15, -0.1) is 0 Å². The van der Waals surface area contributed by atoms with Gasteiger partial charge in [-0.25, -0.2) is 8.42 Å². The number of aryl methyl sites for hydroxylation is 1. The van der Waals surface area contributed by atoms with Gasteiger partial charge < -0.3 is 10.2 Å². The number of likely N-dealkylation sites (tertiary alicyclic amines) is 1. The van der Waals surface area contributed by atoms with Crippen molar-refractivity contribution in [1.82, 2.24) is 9.21 Å². The maximum atomic E-state index is 12.9. The first-order valence-corrected chi connectivity index (χ1v) is 12.4. The van der Waals surface area contributed by atoms with Gasteiger partial charge in [0, 0.05) is 32.6 Å².